The molecular formula is C23H33BO3. The number of hydrogen-bond acceptors (Lipinski definition) is 3. The van der Waals surface area contributed by atoms with Gasteiger partial charge in [-0.2, -0.15) is 0 Å². The highest BCUT2D eigenvalue weighted by atomic mass is 16.7. The average Bonchev–Trinajstić information content (AvgIpc) is 2.82. The number of benzene rings is 1. The fraction of sp³-hybridized carbons (Fsp3) is 0.696. The van der Waals surface area contributed by atoms with Crippen molar-refractivity contribution in [2.45, 2.75) is 95.1 Å². The molecule has 0 bridgehead atoms. The summed E-state index contributed by atoms with van der Waals surface area (Å²) in [4.78, 5) is 12.3. The molecule has 0 aromatic heterocycles. The first-order chi connectivity index (χ1) is 12.8. The molecule has 2 saturated carbocycles. The molecule has 4 heteroatoms. The summed E-state index contributed by atoms with van der Waals surface area (Å²) in [5.74, 6) is 1.16. The summed E-state index contributed by atoms with van der Waals surface area (Å²) in [5, 5.41) is 0. The third kappa shape index (κ3) is 3.19. The lowest BCUT2D eigenvalue weighted by Gasteiger charge is -2.51. The van der Waals surface area contributed by atoms with Crippen molar-refractivity contribution in [1.29, 1.82) is 0 Å². The molecule has 3 aliphatic rings. The second kappa shape index (κ2) is 6.74. The number of Topliss-reactive ketones (excluding diaryl/α,β-unsaturated/α-hetero) is 1. The van der Waals surface area contributed by atoms with Gasteiger partial charge in [0.2, 0.25) is 0 Å². The van der Waals surface area contributed by atoms with E-state index in [1.54, 1.807) is 0 Å². The van der Waals surface area contributed by atoms with Gasteiger partial charge in [-0.1, -0.05) is 62.4 Å². The minimum atomic E-state index is -0.337. The highest BCUT2D eigenvalue weighted by molar-refractivity contribution is 6.48. The third-order valence-corrected chi connectivity index (χ3v) is 7.73. The van der Waals surface area contributed by atoms with Crippen molar-refractivity contribution in [3.8, 4) is 0 Å². The molecule has 1 saturated heterocycles. The average molecular weight is 368 g/mol. The van der Waals surface area contributed by atoms with Crippen molar-refractivity contribution >= 4 is 12.9 Å². The Kier molecular flexibility index (Phi) is 4.79. The first-order valence-corrected chi connectivity index (χ1v) is 10.7. The number of ketones is 1. The molecule has 0 spiro atoms. The van der Waals surface area contributed by atoms with E-state index in [0.717, 1.165) is 0 Å². The van der Waals surface area contributed by atoms with E-state index in [0.29, 0.717) is 24.5 Å². The largest absolute Gasteiger partial charge is 0.462 e. The Bertz CT molecular complexity index is 667. The van der Waals surface area contributed by atoms with Gasteiger partial charge in [-0.05, 0) is 39.2 Å². The zero-order valence-electron chi connectivity index (χ0n) is 17.3. The lowest BCUT2D eigenvalue weighted by atomic mass is 9.42. The van der Waals surface area contributed by atoms with Crippen molar-refractivity contribution in [2.24, 2.45) is 5.92 Å². The lowest BCUT2D eigenvalue weighted by molar-refractivity contribution is -0.129. The van der Waals surface area contributed by atoms with Crippen LogP contribution in [0.2, 0.25) is 5.82 Å². The van der Waals surface area contributed by atoms with Crippen molar-refractivity contribution in [3.63, 3.8) is 0 Å². The predicted molar refractivity (Wildman–Crippen MR) is 109 cm³/mol. The van der Waals surface area contributed by atoms with Crippen LogP contribution >= 0.6 is 0 Å². The number of carbonyl (C=O) groups is 1. The minimum absolute atomic E-state index is 0.137. The molecular weight excluding hydrogens is 335 g/mol. The van der Waals surface area contributed by atoms with Gasteiger partial charge in [0, 0.05) is 24.1 Å². The molecule has 0 amide bonds. The van der Waals surface area contributed by atoms with Crippen molar-refractivity contribution in [1.82, 2.24) is 0 Å². The van der Waals surface area contributed by atoms with Crippen LogP contribution in [0, 0.1) is 5.92 Å². The Morgan fingerprint density at radius 2 is 1.48 bits per heavy atom. The fourth-order valence-corrected chi connectivity index (χ4v) is 5.52. The van der Waals surface area contributed by atoms with Gasteiger partial charge in [-0.3, -0.25) is 4.79 Å². The van der Waals surface area contributed by atoms with Crippen LogP contribution in [0.3, 0.4) is 0 Å². The monoisotopic (exact) mass is 368 g/mol. The lowest BCUT2D eigenvalue weighted by Crippen LogP contribution is -2.53. The van der Waals surface area contributed by atoms with Crippen LogP contribution in [0.5, 0.6) is 0 Å². The number of rotatable bonds is 4. The van der Waals surface area contributed by atoms with Crippen molar-refractivity contribution in [2.75, 3.05) is 0 Å². The maximum atomic E-state index is 12.3. The Balaban J connectivity index is 1.75. The first kappa shape index (κ1) is 19.2. The van der Waals surface area contributed by atoms with Gasteiger partial charge in [0.25, 0.3) is 0 Å². The Hall–Kier alpha value is -1.13. The van der Waals surface area contributed by atoms with Gasteiger partial charge < -0.3 is 9.31 Å². The quantitative estimate of drug-likeness (QED) is 0.674. The molecule has 3 fully saturated rings. The topological polar surface area (TPSA) is 35.5 Å². The van der Waals surface area contributed by atoms with E-state index >= 15 is 0 Å². The summed E-state index contributed by atoms with van der Waals surface area (Å²) in [6, 6.07) is 10.7. The summed E-state index contributed by atoms with van der Waals surface area (Å²) in [6.07, 6.45) is 7.57. The van der Waals surface area contributed by atoms with Gasteiger partial charge in [-0.25, -0.2) is 0 Å². The molecule has 1 heterocycles. The SMILES string of the molecule is CC1(C)OB(C(C2CCCCC2)C2(c3ccccc3)CC(=O)C2)OC1(C)C. The number of hydrogen-bond donors (Lipinski definition) is 0. The summed E-state index contributed by atoms with van der Waals surface area (Å²) in [7, 11) is -0.244. The molecule has 27 heavy (non-hydrogen) atoms. The van der Waals surface area contributed by atoms with E-state index in [4.69, 9.17) is 9.31 Å². The van der Waals surface area contributed by atoms with Crippen LogP contribution in [-0.2, 0) is 19.5 Å². The molecule has 1 aromatic carbocycles. The Morgan fingerprint density at radius 1 is 0.926 bits per heavy atom. The van der Waals surface area contributed by atoms with Crippen LogP contribution in [-0.4, -0.2) is 24.1 Å². The van der Waals surface area contributed by atoms with Gasteiger partial charge in [0.05, 0.1) is 11.2 Å². The zero-order valence-corrected chi connectivity index (χ0v) is 17.3. The third-order valence-electron chi connectivity index (χ3n) is 7.73. The van der Waals surface area contributed by atoms with Gasteiger partial charge >= 0.3 is 7.12 Å². The molecule has 2 aliphatic carbocycles. The summed E-state index contributed by atoms with van der Waals surface area (Å²) >= 11 is 0. The van der Waals surface area contributed by atoms with E-state index in [1.165, 1.54) is 37.7 Å². The maximum Gasteiger partial charge on any atom is 0.462 e. The molecule has 1 aromatic rings. The molecule has 1 atom stereocenters. The summed E-state index contributed by atoms with van der Waals surface area (Å²) in [5.41, 5.74) is 0.475. The Labute approximate surface area is 164 Å². The normalized spacial score (nSPS) is 28.0. The van der Waals surface area contributed by atoms with Crippen molar-refractivity contribution in [3.05, 3.63) is 35.9 Å². The molecule has 0 N–H and O–H groups in total. The first-order valence-electron chi connectivity index (χ1n) is 10.7. The van der Waals surface area contributed by atoms with Gasteiger partial charge in [0.1, 0.15) is 5.78 Å². The van der Waals surface area contributed by atoms with Crippen molar-refractivity contribution < 1.29 is 14.1 Å². The van der Waals surface area contributed by atoms with Crippen LogP contribution in [0.15, 0.2) is 30.3 Å². The Morgan fingerprint density at radius 3 is 2.00 bits per heavy atom. The zero-order chi connectivity index (χ0) is 19.3. The minimum Gasteiger partial charge on any atom is -0.403 e. The van der Waals surface area contributed by atoms with E-state index in [9.17, 15) is 4.79 Å². The van der Waals surface area contributed by atoms with Crippen LogP contribution in [0.25, 0.3) is 0 Å². The van der Waals surface area contributed by atoms with E-state index in [1.807, 2.05) is 0 Å². The highest BCUT2D eigenvalue weighted by Gasteiger charge is 2.63. The van der Waals surface area contributed by atoms with Gasteiger partial charge in [0.15, 0.2) is 0 Å². The highest BCUT2D eigenvalue weighted by Crippen LogP contribution is 2.59. The molecule has 0 radical (unpaired) electrons. The van der Waals surface area contributed by atoms with E-state index in [-0.39, 0.29) is 29.6 Å². The van der Waals surface area contributed by atoms with Gasteiger partial charge in [-0.15, -0.1) is 0 Å². The molecule has 3 nitrogen and oxygen atoms in total. The number of carbonyl (C=O) groups excluding carboxylic acids is 1. The van der Waals surface area contributed by atoms with E-state index in [2.05, 4.69) is 58.0 Å². The van der Waals surface area contributed by atoms with Crippen LogP contribution < -0.4 is 0 Å². The second-order valence-electron chi connectivity index (χ2n) is 9.96. The summed E-state index contributed by atoms with van der Waals surface area (Å²) < 4.78 is 13.2. The van der Waals surface area contributed by atoms with Crippen LogP contribution in [0.4, 0.5) is 0 Å². The smallest absolute Gasteiger partial charge is 0.403 e. The molecule has 4 rings (SSSR count). The van der Waals surface area contributed by atoms with E-state index < -0.39 is 0 Å². The summed E-state index contributed by atoms with van der Waals surface area (Å²) in [6.45, 7) is 8.52. The molecule has 1 aliphatic heterocycles. The predicted octanol–water partition coefficient (Wildman–Crippen LogP) is 5.33. The van der Waals surface area contributed by atoms with Crippen LogP contribution in [0.1, 0.15) is 78.2 Å². The standard InChI is InChI=1S/C23H33BO3/c1-21(2)22(3,4)27-24(26-21)20(17-11-7-5-8-12-17)23(15-19(25)16-23)18-13-9-6-10-14-18/h6,9-10,13-14,17,20H,5,7-8,11-12,15-16H2,1-4H3. The fourth-order valence-electron chi connectivity index (χ4n) is 5.52. The molecule has 146 valence electrons. The second-order valence-corrected chi connectivity index (χ2v) is 9.96. The molecule has 1 unspecified atom stereocenters. The maximum absolute atomic E-state index is 12.3.